The lowest BCUT2D eigenvalue weighted by molar-refractivity contribution is 0.133. The average molecular weight is 661 g/mol. The SMILES string of the molecule is COc1ccc(C2CNC(=O)N(C)C2)cc1OC1C[C@H]2CC[C@H]1C2.COc1ccc(C2CNC(=O)N(C)C2)cc1OC1C[C@H]2CC[C@H]1C2. The minimum absolute atomic E-state index is 0.00165. The molecule has 260 valence electrons. The van der Waals surface area contributed by atoms with Crippen molar-refractivity contribution in [2.45, 2.75) is 75.4 Å². The van der Waals surface area contributed by atoms with E-state index in [1.807, 2.05) is 26.2 Å². The van der Waals surface area contributed by atoms with Crippen LogP contribution in [-0.2, 0) is 0 Å². The second-order valence-corrected chi connectivity index (χ2v) is 15.0. The summed E-state index contributed by atoms with van der Waals surface area (Å²) in [6, 6.07) is 12.4. The van der Waals surface area contributed by atoms with Gasteiger partial charge in [0.2, 0.25) is 0 Å². The molecule has 48 heavy (non-hydrogen) atoms. The van der Waals surface area contributed by atoms with Gasteiger partial charge in [0.05, 0.1) is 14.2 Å². The molecule has 8 rings (SSSR count). The van der Waals surface area contributed by atoms with Gasteiger partial charge in [-0.1, -0.05) is 12.1 Å². The molecular formula is C38H52N4O6. The number of carbonyl (C=O) groups is 2. The van der Waals surface area contributed by atoms with Crippen molar-refractivity contribution in [3.05, 3.63) is 47.5 Å². The molecule has 8 atom stereocenters. The zero-order valence-corrected chi connectivity index (χ0v) is 28.9. The highest BCUT2D eigenvalue weighted by Gasteiger charge is 2.42. The summed E-state index contributed by atoms with van der Waals surface area (Å²) >= 11 is 0. The van der Waals surface area contributed by atoms with Gasteiger partial charge in [-0.3, -0.25) is 0 Å². The van der Waals surface area contributed by atoms with Crippen LogP contribution in [0, 0.1) is 23.7 Å². The van der Waals surface area contributed by atoms with E-state index in [1.54, 1.807) is 24.0 Å². The van der Waals surface area contributed by atoms with E-state index in [-0.39, 0.29) is 23.9 Å². The third-order valence-electron chi connectivity index (χ3n) is 11.9. The number of nitrogens with one attached hydrogen (secondary N) is 2. The molecule has 6 aliphatic rings. The van der Waals surface area contributed by atoms with E-state index in [0.717, 1.165) is 47.9 Å². The molecule has 2 saturated heterocycles. The second-order valence-electron chi connectivity index (χ2n) is 15.0. The minimum atomic E-state index is -0.00165. The lowest BCUT2D eigenvalue weighted by atomic mass is 9.96. The number of nitrogens with zero attached hydrogens (tertiary/aromatic N) is 2. The van der Waals surface area contributed by atoms with Gasteiger partial charge < -0.3 is 39.4 Å². The largest absolute Gasteiger partial charge is 0.493 e. The summed E-state index contributed by atoms with van der Waals surface area (Å²) in [5.74, 6) is 7.00. The van der Waals surface area contributed by atoms with Gasteiger partial charge >= 0.3 is 12.1 Å². The van der Waals surface area contributed by atoms with E-state index in [9.17, 15) is 9.59 Å². The topological polar surface area (TPSA) is 102 Å². The monoisotopic (exact) mass is 660 g/mol. The van der Waals surface area contributed by atoms with Gasteiger partial charge in [0, 0.05) is 52.1 Å². The van der Waals surface area contributed by atoms with Crippen molar-refractivity contribution < 1.29 is 28.5 Å². The smallest absolute Gasteiger partial charge is 0.317 e. The predicted molar refractivity (Wildman–Crippen MR) is 183 cm³/mol. The Morgan fingerprint density at radius 2 is 1.04 bits per heavy atom. The molecule has 0 radical (unpaired) electrons. The summed E-state index contributed by atoms with van der Waals surface area (Å²) in [7, 11) is 7.05. The number of methoxy groups -OCH3 is 2. The van der Waals surface area contributed by atoms with Crippen LogP contribution in [0.5, 0.6) is 23.0 Å². The number of urea groups is 2. The van der Waals surface area contributed by atoms with Crippen molar-refractivity contribution in [1.82, 2.24) is 20.4 Å². The van der Waals surface area contributed by atoms with Crippen molar-refractivity contribution in [1.29, 1.82) is 0 Å². The number of ether oxygens (including phenoxy) is 4. The highest BCUT2D eigenvalue weighted by molar-refractivity contribution is 5.75. The first-order valence-corrected chi connectivity index (χ1v) is 17.9. The fourth-order valence-electron chi connectivity index (χ4n) is 9.16. The van der Waals surface area contributed by atoms with Crippen LogP contribution in [0.4, 0.5) is 9.59 Å². The molecular weight excluding hydrogens is 608 g/mol. The summed E-state index contributed by atoms with van der Waals surface area (Å²) in [5, 5.41) is 5.88. The molecule has 2 N–H and O–H groups in total. The number of benzene rings is 2. The van der Waals surface area contributed by atoms with E-state index in [4.69, 9.17) is 18.9 Å². The van der Waals surface area contributed by atoms with Gasteiger partial charge in [0.25, 0.3) is 0 Å². The highest BCUT2D eigenvalue weighted by atomic mass is 16.5. The first-order chi connectivity index (χ1) is 23.3. The van der Waals surface area contributed by atoms with Crippen molar-refractivity contribution in [3.63, 3.8) is 0 Å². The maximum absolute atomic E-state index is 11.6. The van der Waals surface area contributed by atoms with Crippen molar-refractivity contribution in [3.8, 4) is 23.0 Å². The first-order valence-electron chi connectivity index (χ1n) is 17.9. The zero-order chi connectivity index (χ0) is 33.4. The number of carbonyl (C=O) groups excluding carboxylic acids is 2. The standard InChI is InChI=1S/2C19H26N2O3/c2*1-21-11-15(10-20-19(21)22)13-5-6-16(23-2)18(9-13)24-17-8-12-3-4-14(17)7-12/h2*5-6,9,12,14-15,17H,3-4,7-8,10-11H2,1-2H3,(H,20,22)/t2*12-,14-,15?,17?/m00/s1. The molecule has 10 nitrogen and oxygen atoms in total. The number of rotatable bonds is 8. The van der Waals surface area contributed by atoms with Gasteiger partial charge in [-0.15, -0.1) is 0 Å². The van der Waals surface area contributed by atoms with E-state index >= 15 is 0 Å². The summed E-state index contributed by atoms with van der Waals surface area (Å²) in [5.41, 5.74) is 2.39. The Morgan fingerprint density at radius 3 is 1.38 bits per heavy atom. The van der Waals surface area contributed by atoms with Crippen molar-refractivity contribution in [2.24, 2.45) is 23.7 Å². The Hall–Kier alpha value is -3.82. The maximum atomic E-state index is 11.6. The summed E-state index contributed by atoms with van der Waals surface area (Å²) in [4.78, 5) is 26.7. The fourth-order valence-corrected chi connectivity index (χ4v) is 9.16. The molecule has 4 amide bonds. The molecule has 2 aliphatic heterocycles. The van der Waals surface area contributed by atoms with Crippen LogP contribution in [-0.4, -0.2) is 88.6 Å². The van der Waals surface area contributed by atoms with Crippen molar-refractivity contribution >= 4 is 12.1 Å². The van der Waals surface area contributed by atoms with Gasteiger partial charge in [-0.2, -0.15) is 0 Å². The third kappa shape index (κ3) is 6.85. The Kier molecular flexibility index (Phi) is 9.52. The van der Waals surface area contributed by atoms with E-state index in [1.165, 1.54) is 62.5 Å². The van der Waals surface area contributed by atoms with Crippen LogP contribution in [0.2, 0.25) is 0 Å². The number of likely N-dealkylation sites (N-methyl/N-ethyl adjacent to an activating group) is 2. The average Bonchev–Trinajstić information content (AvgIpc) is 3.91. The number of hydrogen-bond donors (Lipinski definition) is 2. The molecule has 2 heterocycles. The number of amides is 4. The summed E-state index contributed by atoms with van der Waals surface area (Å²) < 4.78 is 23.8. The Morgan fingerprint density at radius 1 is 0.604 bits per heavy atom. The van der Waals surface area contributed by atoms with Crippen molar-refractivity contribution in [2.75, 3.05) is 54.5 Å². The first kappa shape index (κ1) is 32.7. The minimum Gasteiger partial charge on any atom is -0.493 e. The van der Waals surface area contributed by atoms with E-state index in [0.29, 0.717) is 37.1 Å². The molecule has 10 heteroatoms. The third-order valence-corrected chi connectivity index (χ3v) is 11.9. The van der Waals surface area contributed by atoms with Gasteiger partial charge in [-0.25, -0.2) is 9.59 Å². The summed E-state index contributed by atoms with van der Waals surface area (Å²) in [6.07, 6.45) is 11.0. The Balaban J connectivity index is 0.000000152. The quantitative estimate of drug-likeness (QED) is 0.360. The normalized spacial score (nSPS) is 31.9. The van der Waals surface area contributed by atoms with Crippen LogP contribution in [0.1, 0.15) is 74.3 Å². The molecule has 6 fully saturated rings. The summed E-state index contributed by atoms with van der Waals surface area (Å²) in [6.45, 7) is 2.80. The Bertz CT molecular complexity index is 1380. The maximum Gasteiger partial charge on any atom is 0.317 e. The van der Waals surface area contributed by atoms with E-state index < -0.39 is 0 Å². The van der Waals surface area contributed by atoms with Crippen LogP contribution in [0.25, 0.3) is 0 Å². The van der Waals surface area contributed by atoms with Gasteiger partial charge in [-0.05, 0) is 110 Å². The molecule has 0 aromatic heterocycles. The van der Waals surface area contributed by atoms with Gasteiger partial charge in [0.15, 0.2) is 23.0 Å². The lowest BCUT2D eigenvalue weighted by Crippen LogP contribution is -2.48. The van der Waals surface area contributed by atoms with E-state index in [2.05, 4.69) is 34.9 Å². The molecule has 4 saturated carbocycles. The molecule has 2 aromatic rings. The molecule has 2 aromatic carbocycles. The molecule has 4 unspecified atom stereocenters. The molecule has 0 spiro atoms. The van der Waals surface area contributed by atoms with Crippen LogP contribution >= 0.6 is 0 Å². The predicted octanol–water partition coefficient (Wildman–Crippen LogP) is 6.00. The van der Waals surface area contributed by atoms with Crippen LogP contribution < -0.4 is 29.6 Å². The molecule has 4 aliphatic carbocycles. The second kappa shape index (κ2) is 14.0. The molecule has 4 bridgehead atoms. The van der Waals surface area contributed by atoms with Gasteiger partial charge in [0.1, 0.15) is 12.2 Å². The fraction of sp³-hybridized carbons (Fsp3) is 0.632. The van der Waals surface area contributed by atoms with Crippen LogP contribution in [0.3, 0.4) is 0 Å². The highest BCUT2D eigenvalue weighted by Crippen LogP contribution is 2.48. The Labute approximate surface area is 284 Å². The zero-order valence-electron chi connectivity index (χ0n) is 28.9. The number of fused-ring (bicyclic) bond motifs is 4. The lowest BCUT2D eigenvalue weighted by Gasteiger charge is -2.31. The number of hydrogen-bond acceptors (Lipinski definition) is 6. The van der Waals surface area contributed by atoms with Crippen LogP contribution in [0.15, 0.2) is 36.4 Å².